The smallest absolute Gasteiger partial charge is 0.406 e. The number of hydrogen-bond acceptors (Lipinski definition) is 4. The molecule has 2 N–H and O–H groups in total. The molecule has 1 aliphatic rings. The highest BCUT2D eigenvalue weighted by atomic mass is 35.5. The van der Waals surface area contributed by atoms with Gasteiger partial charge in [-0.25, -0.2) is 0 Å². The van der Waals surface area contributed by atoms with Gasteiger partial charge in [0, 0.05) is 26.2 Å². The summed E-state index contributed by atoms with van der Waals surface area (Å²) in [6.07, 6.45) is -4.71. The van der Waals surface area contributed by atoms with Crippen LogP contribution < -0.4 is 10.1 Å². The minimum Gasteiger partial charge on any atom is -0.406 e. The Balaban J connectivity index is 0.00000220. The van der Waals surface area contributed by atoms with Crippen molar-refractivity contribution in [2.75, 3.05) is 32.8 Å². The van der Waals surface area contributed by atoms with E-state index < -0.39 is 6.36 Å². The molecule has 120 valence electrons. The molecule has 1 saturated heterocycles. The van der Waals surface area contributed by atoms with Crippen LogP contribution in [0.3, 0.4) is 0 Å². The Labute approximate surface area is 127 Å². The molecule has 1 fully saturated rings. The summed E-state index contributed by atoms with van der Waals surface area (Å²) in [5.74, 6) is -0.261. The quantitative estimate of drug-likeness (QED) is 0.887. The van der Waals surface area contributed by atoms with Crippen LogP contribution in [0.1, 0.15) is 11.6 Å². The number of benzene rings is 1. The maximum absolute atomic E-state index is 12.2. The Morgan fingerprint density at radius 2 is 1.95 bits per heavy atom. The van der Waals surface area contributed by atoms with Crippen molar-refractivity contribution < 1.29 is 23.0 Å². The van der Waals surface area contributed by atoms with Gasteiger partial charge in [0.25, 0.3) is 0 Å². The standard InChI is InChI=1S/C13H17F3N2O2.ClH/c14-13(15,16)20-11-3-1-2-10(8-11)12(9-19)18-6-4-17-5-7-18;/h1-3,8,12,17,19H,4-7,9H2;1H/t12-;/m1./s1. The number of alkyl halides is 3. The number of hydrogen-bond donors (Lipinski definition) is 2. The van der Waals surface area contributed by atoms with Gasteiger partial charge in [-0.3, -0.25) is 4.90 Å². The summed E-state index contributed by atoms with van der Waals surface area (Å²) in [6.45, 7) is 2.95. The van der Waals surface area contributed by atoms with Gasteiger partial charge in [-0.05, 0) is 17.7 Å². The molecular formula is C13H18ClF3N2O2. The predicted octanol–water partition coefficient (Wildman–Crippen LogP) is 1.95. The topological polar surface area (TPSA) is 44.7 Å². The SMILES string of the molecule is Cl.OC[C@H](c1cccc(OC(F)(F)F)c1)N1CCNCC1. The number of aliphatic hydroxyl groups excluding tert-OH is 1. The van der Waals surface area contributed by atoms with E-state index in [0.717, 1.165) is 26.2 Å². The van der Waals surface area contributed by atoms with Crippen LogP contribution in [0.2, 0.25) is 0 Å². The molecular weight excluding hydrogens is 309 g/mol. The second-order valence-electron chi connectivity index (χ2n) is 4.60. The first-order valence-electron chi connectivity index (χ1n) is 6.41. The summed E-state index contributed by atoms with van der Waals surface area (Å²) < 4.78 is 40.6. The van der Waals surface area contributed by atoms with Crippen molar-refractivity contribution in [1.82, 2.24) is 10.2 Å². The molecule has 21 heavy (non-hydrogen) atoms. The fourth-order valence-electron chi connectivity index (χ4n) is 2.34. The van der Waals surface area contributed by atoms with Crippen molar-refractivity contribution in [2.24, 2.45) is 0 Å². The van der Waals surface area contributed by atoms with Gasteiger partial charge in [-0.1, -0.05) is 12.1 Å². The first-order valence-corrected chi connectivity index (χ1v) is 6.41. The highest BCUT2D eigenvalue weighted by Gasteiger charge is 2.31. The van der Waals surface area contributed by atoms with Crippen molar-refractivity contribution in [3.63, 3.8) is 0 Å². The molecule has 1 aromatic carbocycles. The fraction of sp³-hybridized carbons (Fsp3) is 0.538. The molecule has 0 amide bonds. The molecule has 2 rings (SSSR count). The van der Waals surface area contributed by atoms with Crippen molar-refractivity contribution in [3.8, 4) is 5.75 Å². The Kier molecular flexibility index (Phi) is 6.73. The molecule has 1 heterocycles. The molecule has 0 radical (unpaired) electrons. The fourth-order valence-corrected chi connectivity index (χ4v) is 2.34. The largest absolute Gasteiger partial charge is 0.573 e. The first-order chi connectivity index (χ1) is 9.49. The van der Waals surface area contributed by atoms with Gasteiger partial charge < -0.3 is 15.2 Å². The first kappa shape index (κ1) is 18.0. The van der Waals surface area contributed by atoms with Gasteiger partial charge in [-0.2, -0.15) is 0 Å². The van der Waals surface area contributed by atoms with E-state index in [4.69, 9.17) is 0 Å². The Hall–Kier alpha value is -1.02. The third-order valence-corrected chi connectivity index (χ3v) is 3.24. The maximum Gasteiger partial charge on any atom is 0.573 e. The number of ether oxygens (including phenoxy) is 1. The van der Waals surface area contributed by atoms with Crippen LogP contribution in [0, 0.1) is 0 Å². The Bertz CT molecular complexity index is 440. The van der Waals surface area contributed by atoms with Crippen LogP contribution in [0.4, 0.5) is 13.2 Å². The van der Waals surface area contributed by atoms with Crippen LogP contribution in [-0.4, -0.2) is 49.2 Å². The van der Waals surface area contributed by atoms with Gasteiger partial charge in [0.15, 0.2) is 0 Å². The van der Waals surface area contributed by atoms with Crippen LogP contribution in [-0.2, 0) is 0 Å². The normalized spacial score (nSPS) is 17.9. The molecule has 0 spiro atoms. The van der Waals surface area contributed by atoms with Gasteiger partial charge in [0.05, 0.1) is 12.6 Å². The average molecular weight is 327 g/mol. The summed E-state index contributed by atoms with van der Waals surface area (Å²) in [4.78, 5) is 2.04. The number of halogens is 4. The summed E-state index contributed by atoms with van der Waals surface area (Å²) in [7, 11) is 0. The van der Waals surface area contributed by atoms with Gasteiger partial charge in [0.2, 0.25) is 0 Å². The lowest BCUT2D eigenvalue weighted by Crippen LogP contribution is -2.46. The minimum absolute atomic E-state index is 0. The Morgan fingerprint density at radius 3 is 2.52 bits per heavy atom. The van der Waals surface area contributed by atoms with Gasteiger partial charge in [0.1, 0.15) is 5.75 Å². The number of nitrogens with zero attached hydrogens (tertiary/aromatic N) is 1. The van der Waals surface area contributed by atoms with Crippen molar-refractivity contribution in [3.05, 3.63) is 29.8 Å². The number of nitrogens with one attached hydrogen (secondary N) is 1. The zero-order valence-electron chi connectivity index (χ0n) is 11.3. The molecule has 0 bridgehead atoms. The molecule has 1 aromatic rings. The number of rotatable bonds is 4. The molecule has 0 saturated carbocycles. The van der Waals surface area contributed by atoms with Crippen LogP contribution in [0.15, 0.2) is 24.3 Å². The molecule has 4 nitrogen and oxygen atoms in total. The van der Waals surface area contributed by atoms with Crippen molar-refractivity contribution >= 4 is 12.4 Å². The van der Waals surface area contributed by atoms with E-state index in [9.17, 15) is 18.3 Å². The second-order valence-corrected chi connectivity index (χ2v) is 4.60. The number of piperazine rings is 1. The Morgan fingerprint density at radius 1 is 1.29 bits per heavy atom. The molecule has 1 aliphatic heterocycles. The van der Waals surface area contributed by atoms with E-state index in [2.05, 4.69) is 10.1 Å². The van der Waals surface area contributed by atoms with E-state index in [1.807, 2.05) is 4.90 Å². The molecule has 1 atom stereocenters. The summed E-state index contributed by atoms with van der Waals surface area (Å²) in [5, 5.41) is 12.7. The van der Waals surface area contributed by atoms with E-state index in [1.165, 1.54) is 18.2 Å². The highest BCUT2D eigenvalue weighted by Crippen LogP contribution is 2.27. The third-order valence-electron chi connectivity index (χ3n) is 3.24. The summed E-state index contributed by atoms with van der Waals surface area (Å²) in [5.41, 5.74) is 0.621. The third kappa shape index (κ3) is 5.35. The zero-order chi connectivity index (χ0) is 14.6. The monoisotopic (exact) mass is 326 g/mol. The van der Waals surface area contributed by atoms with Crippen LogP contribution in [0.25, 0.3) is 0 Å². The van der Waals surface area contributed by atoms with Gasteiger partial charge in [-0.15, -0.1) is 25.6 Å². The van der Waals surface area contributed by atoms with Crippen molar-refractivity contribution in [1.29, 1.82) is 0 Å². The summed E-state index contributed by atoms with van der Waals surface area (Å²) in [6, 6.07) is 5.47. The zero-order valence-corrected chi connectivity index (χ0v) is 12.1. The predicted molar refractivity (Wildman–Crippen MR) is 74.6 cm³/mol. The minimum atomic E-state index is -4.71. The second kappa shape index (κ2) is 7.84. The molecule has 0 aliphatic carbocycles. The van der Waals surface area contributed by atoms with Crippen molar-refractivity contribution in [2.45, 2.75) is 12.4 Å². The van der Waals surface area contributed by atoms with Gasteiger partial charge >= 0.3 is 6.36 Å². The lowest BCUT2D eigenvalue weighted by atomic mass is 10.0. The number of aliphatic hydroxyl groups is 1. The lowest BCUT2D eigenvalue weighted by Gasteiger charge is -2.34. The molecule has 0 aromatic heterocycles. The van der Waals surface area contributed by atoms with E-state index >= 15 is 0 Å². The summed E-state index contributed by atoms with van der Waals surface area (Å²) >= 11 is 0. The van der Waals surface area contributed by atoms with Crippen LogP contribution in [0.5, 0.6) is 5.75 Å². The maximum atomic E-state index is 12.2. The van der Waals surface area contributed by atoms with E-state index in [1.54, 1.807) is 6.07 Å². The van der Waals surface area contributed by atoms with E-state index in [-0.39, 0.29) is 30.8 Å². The molecule has 8 heteroatoms. The lowest BCUT2D eigenvalue weighted by molar-refractivity contribution is -0.274. The highest BCUT2D eigenvalue weighted by molar-refractivity contribution is 5.85. The molecule has 0 unspecified atom stereocenters. The van der Waals surface area contributed by atoms with Crippen LogP contribution >= 0.6 is 12.4 Å². The van der Waals surface area contributed by atoms with E-state index in [0.29, 0.717) is 5.56 Å². The average Bonchev–Trinajstić information content (AvgIpc) is 2.39.